The van der Waals surface area contributed by atoms with Crippen LogP contribution in [-0.4, -0.2) is 27.8 Å². The highest BCUT2D eigenvalue weighted by Gasteiger charge is 2.46. The Balaban J connectivity index is 1.81. The number of alkyl halides is 3. The van der Waals surface area contributed by atoms with E-state index >= 15 is 0 Å². The maximum absolute atomic E-state index is 12.9. The van der Waals surface area contributed by atoms with Crippen molar-refractivity contribution < 1.29 is 22.7 Å². The molecule has 1 N–H and O–H groups in total. The third-order valence-electron chi connectivity index (χ3n) is 5.10. The first-order chi connectivity index (χ1) is 14.6. The summed E-state index contributed by atoms with van der Waals surface area (Å²) in [6, 6.07) is 4.43. The van der Waals surface area contributed by atoms with Gasteiger partial charge in [0.1, 0.15) is 5.69 Å². The lowest BCUT2D eigenvalue weighted by atomic mass is 10.0. The number of methoxy groups -OCH3 is 1. The first kappa shape index (κ1) is 22.3. The van der Waals surface area contributed by atoms with Gasteiger partial charge in [-0.2, -0.15) is 18.3 Å². The van der Waals surface area contributed by atoms with E-state index in [1.807, 2.05) is 25.1 Å². The Bertz CT molecular complexity index is 1050. The van der Waals surface area contributed by atoms with E-state index in [1.165, 1.54) is 7.05 Å². The number of amides is 1. The fraction of sp³-hybridized carbons (Fsp3) is 0.318. The molecule has 6 nitrogen and oxygen atoms in total. The van der Waals surface area contributed by atoms with Gasteiger partial charge in [-0.1, -0.05) is 24.8 Å². The highest BCUT2D eigenvalue weighted by molar-refractivity contribution is 5.93. The second kappa shape index (κ2) is 8.41. The number of nitrogens with zero attached hydrogens (tertiary/aromatic N) is 3. The fourth-order valence-electron chi connectivity index (χ4n) is 3.17. The maximum Gasteiger partial charge on any atom is 0.435 e. The molecule has 0 aliphatic heterocycles. The smallest absolute Gasteiger partial charge is 0.435 e. The molecular weight excluding hydrogens is 409 g/mol. The van der Waals surface area contributed by atoms with Crippen LogP contribution in [-0.2, 0) is 23.5 Å². The van der Waals surface area contributed by atoms with E-state index in [1.54, 1.807) is 25.5 Å². The molecule has 0 unspecified atom stereocenters. The molecule has 0 aromatic carbocycles. The van der Waals surface area contributed by atoms with Gasteiger partial charge < -0.3 is 10.1 Å². The zero-order valence-electron chi connectivity index (χ0n) is 17.5. The highest BCUT2D eigenvalue weighted by atomic mass is 19.4. The van der Waals surface area contributed by atoms with Crippen molar-refractivity contribution in [1.82, 2.24) is 20.1 Å². The van der Waals surface area contributed by atoms with E-state index in [9.17, 15) is 18.0 Å². The number of nitrogens with one attached hydrogen (secondary N) is 1. The summed E-state index contributed by atoms with van der Waals surface area (Å²) in [6.07, 6.45) is 3.68. The molecule has 1 aliphatic carbocycles. The summed E-state index contributed by atoms with van der Waals surface area (Å²) in [5, 5.41) is 6.24. The number of halogens is 3. The van der Waals surface area contributed by atoms with Crippen molar-refractivity contribution in [3.05, 3.63) is 77.6 Å². The van der Waals surface area contributed by atoms with Crippen LogP contribution in [0.4, 0.5) is 13.2 Å². The molecule has 0 radical (unpaired) electrons. The van der Waals surface area contributed by atoms with Gasteiger partial charge in [-0.05, 0) is 37.5 Å². The molecule has 9 heteroatoms. The van der Waals surface area contributed by atoms with Crippen LogP contribution in [0.25, 0.3) is 5.57 Å². The summed E-state index contributed by atoms with van der Waals surface area (Å²) in [5.41, 5.74) is 0.393. The van der Waals surface area contributed by atoms with Crippen LogP contribution in [0.5, 0.6) is 0 Å². The molecule has 0 bridgehead atoms. The Morgan fingerprint density at radius 3 is 2.55 bits per heavy atom. The van der Waals surface area contributed by atoms with E-state index in [4.69, 9.17) is 4.74 Å². The molecule has 1 fully saturated rings. The van der Waals surface area contributed by atoms with Gasteiger partial charge in [0.2, 0.25) is 0 Å². The van der Waals surface area contributed by atoms with Gasteiger partial charge in [0, 0.05) is 24.9 Å². The van der Waals surface area contributed by atoms with Crippen molar-refractivity contribution >= 4 is 11.5 Å². The first-order valence-electron chi connectivity index (χ1n) is 9.55. The predicted octanol–water partition coefficient (Wildman–Crippen LogP) is 4.37. The number of aromatic nitrogens is 3. The molecule has 2 aromatic rings. The molecule has 2 heterocycles. The number of aryl methyl sites for hydroxylation is 1. The number of ether oxygens (including phenoxy) is 1. The van der Waals surface area contributed by atoms with Crippen molar-refractivity contribution in [3.8, 4) is 0 Å². The molecule has 164 valence electrons. The molecule has 1 amide bonds. The van der Waals surface area contributed by atoms with Crippen molar-refractivity contribution in [1.29, 1.82) is 0 Å². The Hall–Kier alpha value is -3.36. The van der Waals surface area contributed by atoms with Gasteiger partial charge in [-0.3, -0.25) is 14.5 Å². The average Bonchev–Trinajstić information content (AvgIpc) is 3.38. The van der Waals surface area contributed by atoms with Crippen LogP contribution in [0, 0.1) is 0 Å². The molecule has 3 rings (SSSR count). The van der Waals surface area contributed by atoms with Gasteiger partial charge in [0.05, 0.1) is 24.1 Å². The van der Waals surface area contributed by atoms with Crippen LogP contribution in [0.2, 0.25) is 0 Å². The van der Waals surface area contributed by atoms with E-state index in [0.717, 1.165) is 21.9 Å². The SMILES string of the molecule is C=C/C=C(\C=C(/C)OC)c1ccc(C2(NC(=O)c3cc(C(F)(F)F)nn3C)CC2)cn1. The minimum Gasteiger partial charge on any atom is -0.501 e. The van der Waals surface area contributed by atoms with E-state index in [0.29, 0.717) is 24.3 Å². The quantitative estimate of drug-likeness (QED) is 0.521. The van der Waals surface area contributed by atoms with Crippen molar-refractivity contribution in [3.63, 3.8) is 0 Å². The van der Waals surface area contributed by atoms with Crippen molar-refractivity contribution in [2.75, 3.05) is 7.11 Å². The topological polar surface area (TPSA) is 69.0 Å². The van der Waals surface area contributed by atoms with Crippen LogP contribution < -0.4 is 5.32 Å². The van der Waals surface area contributed by atoms with Gasteiger partial charge in [0.15, 0.2) is 5.69 Å². The maximum atomic E-state index is 12.9. The lowest BCUT2D eigenvalue weighted by molar-refractivity contribution is -0.141. The predicted molar refractivity (Wildman–Crippen MR) is 110 cm³/mol. The van der Waals surface area contributed by atoms with Crippen LogP contribution in [0.15, 0.2) is 55.0 Å². The number of hydrogen-bond donors (Lipinski definition) is 1. The third kappa shape index (κ3) is 4.87. The zero-order chi connectivity index (χ0) is 22.8. The Labute approximate surface area is 178 Å². The van der Waals surface area contributed by atoms with E-state index < -0.39 is 23.3 Å². The first-order valence-corrected chi connectivity index (χ1v) is 9.55. The van der Waals surface area contributed by atoms with Gasteiger partial charge in [-0.15, -0.1) is 0 Å². The standard InChI is InChI=1S/C22H23F3N4O2/c1-5-6-15(11-14(2)31-4)17-8-7-16(13-26-17)21(9-10-21)27-20(30)18-12-19(22(23,24)25)28-29(18)3/h5-8,11-13H,1,9-10H2,2-4H3,(H,27,30)/b14-11+,15-6+. The Kier molecular flexibility index (Phi) is 6.06. The highest BCUT2D eigenvalue weighted by Crippen LogP contribution is 2.45. The molecule has 0 spiro atoms. The Morgan fingerprint density at radius 1 is 1.35 bits per heavy atom. The number of carbonyl (C=O) groups is 1. The summed E-state index contributed by atoms with van der Waals surface area (Å²) in [4.78, 5) is 17.1. The van der Waals surface area contributed by atoms with E-state index in [-0.39, 0.29) is 5.69 Å². The summed E-state index contributed by atoms with van der Waals surface area (Å²) in [6.45, 7) is 5.53. The average molecular weight is 432 g/mol. The molecule has 2 aromatic heterocycles. The Morgan fingerprint density at radius 2 is 2.06 bits per heavy atom. The lowest BCUT2D eigenvalue weighted by Crippen LogP contribution is -2.36. The molecule has 1 aliphatic rings. The number of rotatable bonds is 7. The zero-order valence-corrected chi connectivity index (χ0v) is 17.5. The van der Waals surface area contributed by atoms with Crippen LogP contribution in [0.3, 0.4) is 0 Å². The summed E-state index contributed by atoms with van der Waals surface area (Å²) in [7, 11) is 2.89. The summed E-state index contributed by atoms with van der Waals surface area (Å²) >= 11 is 0. The monoisotopic (exact) mass is 432 g/mol. The number of hydrogen-bond acceptors (Lipinski definition) is 4. The third-order valence-corrected chi connectivity index (χ3v) is 5.10. The van der Waals surface area contributed by atoms with Gasteiger partial charge >= 0.3 is 6.18 Å². The molecule has 0 atom stereocenters. The van der Waals surface area contributed by atoms with Crippen LogP contribution in [0.1, 0.15) is 47.2 Å². The molecule has 0 saturated heterocycles. The largest absolute Gasteiger partial charge is 0.501 e. The second-order valence-corrected chi connectivity index (χ2v) is 7.32. The minimum absolute atomic E-state index is 0.153. The van der Waals surface area contributed by atoms with Crippen molar-refractivity contribution in [2.45, 2.75) is 31.5 Å². The van der Waals surface area contributed by atoms with Gasteiger partial charge in [0.25, 0.3) is 5.91 Å². The van der Waals surface area contributed by atoms with Gasteiger partial charge in [-0.25, -0.2) is 0 Å². The van der Waals surface area contributed by atoms with Crippen LogP contribution >= 0.6 is 0 Å². The lowest BCUT2D eigenvalue weighted by Gasteiger charge is -2.18. The second-order valence-electron chi connectivity index (χ2n) is 7.32. The normalized spacial score (nSPS) is 16.1. The molecular formula is C22H23F3N4O2. The molecule has 1 saturated carbocycles. The number of carbonyl (C=O) groups excluding carboxylic acids is 1. The minimum atomic E-state index is -4.61. The van der Waals surface area contributed by atoms with E-state index in [2.05, 4.69) is 22.0 Å². The molecule has 31 heavy (non-hydrogen) atoms. The number of pyridine rings is 1. The van der Waals surface area contributed by atoms with Crippen molar-refractivity contribution in [2.24, 2.45) is 7.05 Å². The number of allylic oxidation sites excluding steroid dienone is 5. The summed E-state index contributed by atoms with van der Waals surface area (Å²) < 4.78 is 44.8. The summed E-state index contributed by atoms with van der Waals surface area (Å²) in [5.74, 6) is 0.0947. The fourth-order valence-corrected chi connectivity index (χ4v) is 3.17.